The predicted octanol–water partition coefficient (Wildman–Crippen LogP) is 7.54. The molecular formula is C26H17NS. The van der Waals surface area contributed by atoms with Gasteiger partial charge in [-0.3, -0.25) is 0 Å². The fourth-order valence-corrected chi connectivity index (χ4v) is 6.39. The topological polar surface area (TPSA) is 15.8 Å². The number of H-pyrrole nitrogens is 1. The van der Waals surface area contributed by atoms with Gasteiger partial charge in [-0.25, -0.2) is 0 Å². The molecule has 5 aromatic rings. The Kier molecular flexibility index (Phi) is 2.79. The van der Waals surface area contributed by atoms with Gasteiger partial charge in [0.1, 0.15) is 0 Å². The average molecular weight is 375 g/mol. The van der Waals surface area contributed by atoms with Crippen molar-refractivity contribution in [2.75, 3.05) is 0 Å². The SMILES string of the molecule is C1=CC2C=Cc3[nH]c4ccc5c(sc6ccc7ccccc7c65)c4c3C2C=C1. The highest BCUT2D eigenvalue weighted by Gasteiger charge is 2.28. The quantitative estimate of drug-likeness (QED) is 0.288. The smallest absolute Gasteiger partial charge is 0.0476 e. The zero-order valence-electron chi connectivity index (χ0n) is 15.1. The second-order valence-corrected chi connectivity index (χ2v) is 8.86. The molecule has 0 radical (unpaired) electrons. The molecule has 0 amide bonds. The first-order chi connectivity index (χ1) is 13.9. The number of aromatic amines is 1. The first kappa shape index (κ1) is 14.9. The summed E-state index contributed by atoms with van der Waals surface area (Å²) in [6.45, 7) is 0. The van der Waals surface area contributed by atoms with Crippen LogP contribution in [0.3, 0.4) is 0 Å². The number of hydrogen-bond acceptors (Lipinski definition) is 1. The highest BCUT2D eigenvalue weighted by atomic mass is 32.1. The average Bonchev–Trinajstić information content (AvgIpc) is 3.32. The van der Waals surface area contributed by atoms with Gasteiger partial charge in [-0.1, -0.05) is 66.8 Å². The van der Waals surface area contributed by atoms with E-state index in [-0.39, 0.29) is 0 Å². The zero-order chi connectivity index (χ0) is 18.2. The third kappa shape index (κ3) is 1.81. The Morgan fingerprint density at radius 1 is 0.786 bits per heavy atom. The molecule has 2 atom stereocenters. The van der Waals surface area contributed by atoms with Crippen LogP contribution >= 0.6 is 11.3 Å². The molecule has 28 heavy (non-hydrogen) atoms. The van der Waals surface area contributed by atoms with E-state index in [0.717, 1.165) is 0 Å². The van der Waals surface area contributed by atoms with Crippen LogP contribution in [0.4, 0.5) is 0 Å². The molecule has 0 fully saturated rings. The van der Waals surface area contributed by atoms with E-state index >= 15 is 0 Å². The van der Waals surface area contributed by atoms with Crippen molar-refractivity contribution in [2.24, 2.45) is 5.92 Å². The molecule has 1 N–H and O–H groups in total. The summed E-state index contributed by atoms with van der Waals surface area (Å²) in [6.07, 6.45) is 13.7. The maximum absolute atomic E-state index is 3.68. The molecule has 0 saturated carbocycles. The number of nitrogens with one attached hydrogen (secondary N) is 1. The minimum atomic E-state index is 0.423. The van der Waals surface area contributed by atoms with Crippen LogP contribution in [0.15, 0.2) is 78.9 Å². The first-order valence-corrected chi connectivity index (χ1v) is 10.6. The van der Waals surface area contributed by atoms with Crippen LogP contribution in [0.1, 0.15) is 17.2 Å². The van der Waals surface area contributed by atoms with Crippen LogP contribution < -0.4 is 0 Å². The monoisotopic (exact) mass is 375 g/mol. The van der Waals surface area contributed by atoms with Gasteiger partial charge in [-0.15, -0.1) is 11.3 Å². The Morgan fingerprint density at radius 2 is 1.71 bits per heavy atom. The van der Waals surface area contributed by atoms with Gasteiger partial charge in [0, 0.05) is 48.6 Å². The van der Waals surface area contributed by atoms with Crippen molar-refractivity contribution in [3.05, 3.63) is 90.2 Å². The van der Waals surface area contributed by atoms with Gasteiger partial charge in [-0.05, 0) is 34.5 Å². The van der Waals surface area contributed by atoms with Gasteiger partial charge in [-0.2, -0.15) is 0 Å². The van der Waals surface area contributed by atoms with Crippen molar-refractivity contribution in [1.82, 2.24) is 4.98 Å². The molecule has 2 aliphatic carbocycles. The lowest BCUT2D eigenvalue weighted by Gasteiger charge is -2.25. The molecule has 0 spiro atoms. The van der Waals surface area contributed by atoms with Gasteiger partial charge in [0.15, 0.2) is 0 Å². The predicted molar refractivity (Wildman–Crippen MR) is 122 cm³/mol. The Labute approximate surface area is 166 Å². The second-order valence-electron chi connectivity index (χ2n) is 7.81. The molecule has 7 rings (SSSR count). The van der Waals surface area contributed by atoms with E-state index in [2.05, 4.69) is 90.0 Å². The number of benzene rings is 3. The van der Waals surface area contributed by atoms with Crippen molar-refractivity contribution in [2.45, 2.75) is 5.92 Å². The Balaban J connectivity index is 1.66. The van der Waals surface area contributed by atoms with Crippen LogP contribution in [0.2, 0.25) is 0 Å². The standard InChI is InChI=1S/C26H17NS/c1-3-7-17-16(6-1)10-14-22-23(17)19-11-13-21-25(26(19)28-22)24-18-8-4-2-5-15(18)9-12-20(24)27-21/h1-15,18,27H. The number of thiophene rings is 1. The molecule has 1 nitrogen and oxygen atoms in total. The molecule has 2 aliphatic rings. The summed E-state index contributed by atoms with van der Waals surface area (Å²) >= 11 is 1.94. The van der Waals surface area contributed by atoms with E-state index in [4.69, 9.17) is 0 Å². The maximum atomic E-state index is 3.68. The molecule has 0 aliphatic heterocycles. The Bertz CT molecular complexity index is 1520. The number of rotatable bonds is 0. The summed E-state index contributed by atoms with van der Waals surface area (Å²) in [7, 11) is 0. The lowest BCUT2D eigenvalue weighted by molar-refractivity contribution is 0.696. The van der Waals surface area contributed by atoms with Gasteiger partial charge in [0.25, 0.3) is 0 Å². The molecule has 2 aromatic heterocycles. The highest BCUT2D eigenvalue weighted by molar-refractivity contribution is 7.27. The summed E-state index contributed by atoms with van der Waals surface area (Å²) in [5, 5.41) is 6.86. The van der Waals surface area contributed by atoms with E-state index in [1.54, 1.807) is 0 Å². The molecule has 3 aromatic carbocycles. The fraction of sp³-hybridized carbons (Fsp3) is 0.0769. The van der Waals surface area contributed by atoms with Crippen LogP contribution in [-0.4, -0.2) is 4.98 Å². The Hall–Kier alpha value is -3.10. The number of hydrogen-bond donors (Lipinski definition) is 1. The summed E-state index contributed by atoms with van der Waals surface area (Å²) < 4.78 is 2.79. The van der Waals surface area contributed by atoms with Crippen molar-refractivity contribution in [3.8, 4) is 0 Å². The molecule has 0 saturated heterocycles. The fourth-order valence-electron chi connectivity index (χ4n) is 5.11. The van der Waals surface area contributed by atoms with Crippen LogP contribution in [0.5, 0.6) is 0 Å². The second kappa shape index (κ2) is 5.24. The third-order valence-corrected chi connectivity index (χ3v) is 7.54. The lowest BCUT2D eigenvalue weighted by atomic mass is 9.78. The van der Waals surface area contributed by atoms with E-state index in [1.807, 2.05) is 11.3 Å². The summed E-state index contributed by atoms with van der Waals surface area (Å²) in [5.74, 6) is 0.883. The van der Waals surface area contributed by atoms with Crippen LogP contribution in [-0.2, 0) is 0 Å². The van der Waals surface area contributed by atoms with Gasteiger partial charge >= 0.3 is 0 Å². The van der Waals surface area contributed by atoms with Crippen LogP contribution in [0, 0.1) is 5.92 Å². The van der Waals surface area contributed by atoms with Crippen molar-refractivity contribution in [1.29, 1.82) is 0 Å². The van der Waals surface area contributed by atoms with E-state index in [9.17, 15) is 0 Å². The van der Waals surface area contributed by atoms with Gasteiger partial charge in [0.2, 0.25) is 0 Å². The van der Waals surface area contributed by atoms with E-state index in [1.165, 1.54) is 53.1 Å². The first-order valence-electron chi connectivity index (χ1n) is 9.80. The minimum Gasteiger partial charge on any atom is -0.355 e. The van der Waals surface area contributed by atoms with Crippen LogP contribution in [0.25, 0.3) is 47.9 Å². The van der Waals surface area contributed by atoms with Crippen molar-refractivity contribution in [3.63, 3.8) is 0 Å². The van der Waals surface area contributed by atoms with E-state index < -0.39 is 0 Å². The Morgan fingerprint density at radius 3 is 2.71 bits per heavy atom. The molecule has 2 heteroatoms. The van der Waals surface area contributed by atoms with Crippen molar-refractivity contribution >= 4 is 59.3 Å². The van der Waals surface area contributed by atoms with Crippen molar-refractivity contribution < 1.29 is 0 Å². The summed E-state index contributed by atoms with van der Waals surface area (Å²) in [5.41, 5.74) is 3.98. The molecule has 132 valence electrons. The third-order valence-electron chi connectivity index (χ3n) is 6.35. The number of fused-ring (bicyclic) bond motifs is 11. The lowest BCUT2D eigenvalue weighted by Crippen LogP contribution is -2.12. The normalized spacial score (nSPS) is 20.4. The maximum Gasteiger partial charge on any atom is 0.0476 e. The van der Waals surface area contributed by atoms with Gasteiger partial charge in [0.05, 0.1) is 0 Å². The highest BCUT2D eigenvalue weighted by Crippen LogP contribution is 2.47. The van der Waals surface area contributed by atoms with E-state index in [0.29, 0.717) is 11.8 Å². The largest absolute Gasteiger partial charge is 0.355 e. The summed E-state index contributed by atoms with van der Waals surface area (Å²) in [6, 6.07) is 17.9. The molecule has 2 unspecified atom stereocenters. The minimum absolute atomic E-state index is 0.423. The van der Waals surface area contributed by atoms with Gasteiger partial charge < -0.3 is 4.98 Å². The zero-order valence-corrected chi connectivity index (χ0v) is 16.0. The summed E-state index contributed by atoms with van der Waals surface area (Å²) in [4.78, 5) is 3.68. The number of aromatic nitrogens is 1. The molecular weight excluding hydrogens is 358 g/mol. The molecule has 2 heterocycles. The molecule has 0 bridgehead atoms. The number of allylic oxidation sites excluding steroid dienone is 5.